The Hall–Kier alpha value is -3.33. The standard InChI is InChI=1S/C30H44N4O5/c1-22(2)20-28(35)33-27(30(36)37)14-17-34(18-19-39-26-11-6-10-25(21-26)38-3)16-5-4-9-24-13-12-23-8-7-15-31-29(23)32-24/h6,10-13,21-22,27H,4-5,7-9,14-20H2,1-3H3,(H,31,32)(H,33,35)(H,36,37). The number of unbranched alkanes of at least 4 members (excludes halogenated alkanes) is 1. The van der Waals surface area contributed by atoms with Gasteiger partial charge in [-0.2, -0.15) is 0 Å². The number of carbonyl (C=O) groups is 2. The minimum absolute atomic E-state index is 0.171. The zero-order chi connectivity index (χ0) is 28.0. The van der Waals surface area contributed by atoms with E-state index in [1.165, 1.54) is 5.56 Å². The molecule has 1 aromatic heterocycles. The first kappa shape index (κ1) is 30.2. The molecule has 1 atom stereocenters. The smallest absolute Gasteiger partial charge is 0.326 e. The first-order valence-corrected chi connectivity index (χ1v) is 14.1. The second kappa shape index (κ2) is 15.9. The van der Waals surface area contributed by atoms with Gasteiger partial charge in [-0.05, 0) is 74.8 Å². The zero-order valence-electron chi connectivity index (χ0n) is 23.6. The highest BCUT2D eigenvalue weighted by atomic mass is 16.5. The number of amides is 1. The minimum Gasteiger partial charge on any atom is -0.497 e. The van der Waals surface area contributed by atoms with Crippen molar-refractivity contribution in [3.8, 4) is 11.5 Å². The van der Waals surface area contributed by atoms with E-state index in [-0.39, 0.29) is 11.8 Å². The number of nitrogens with zero attached hydrogens (tertiary/aromatic N) is 2. The molecule has 1 aromatic carbocycles. The van der Waals surface area contributed by atoms with Crippen molar-refractivity contribution in [1.29, 1.82) is 0 Å². The molecule has 214 valence electrons. The molecule has 2 heterocycles. The Labute approximate surface area is 232 Å². The molecule has 1 unspecified atom stereocenters. The van der Waals surface area contributed by atoms with Crippen LogP contribution in [0, 0.1) is 5.92 Å². The van der Waals surface area contributed by atoms with Crippen molar-refractivity contribution in [2.75, 3.05) is 45.2 Å². The van der Waals surface area contributed by atoms with Gasteiger partial charge in [0.1, 0.15) is 30.0 Å². The summed E-state index contributed by atoms with van der Waals surface area (Å²) in [6.45, 7) is 7.31. The lowest BCUT2D eigenvalue weighted by Gasteiger charge is -2.24. The summed E-state index contributed by atoms with van der Waals surface area (Å²) in [5, 5.41) is 15.8. The number of hydrogen-bond acceptors (Lipinski definition) is 7. The summed E-state index contributed by atoms with van der Waals surface area (Å²) in [4.78, 5) is 31.0. The third kappa shape index (κ3) is 10.8. The number of aliphatic carboxylic acids is 1. The monoisotopic (exact) mass is 540 g/mol. The van der Waals surface area contributed by atoms with E-state index in [4.69, 9.17) is 14.5 Å². The summed E-state index contributed by atoms with van der Waals surface area (Å²) >= 11 is 0. The molecule has 1 amide bonds. The summed E-state index contributed by atoms with van der Waals surface area (Å²) in [6, 6.07) is 10.9. The highest BCUT2D eigenvalue weighted by Gasteiger charge is 2.21. The Morgan fingerprint density at radius 3 is 2.72 bits per heavy atom. The van der Waals surface area contributed by atoms with Crippen LogP contribution < -0.4 is 20.1 Å². The van der Waals surface area contributed by atoms with Crippen molar-refractivity contribution in [3.63, 3.8) is 0 Å². The van der Waals surface area contributed by atoms with Gasteiger partial charge in [0.05, 0.1) is 7.11 Å². The quantitative estimate of drug-likeness (QED) is 0.257. The molecule has 0 fully saturated rings. The summed E-state index contributed by atoms with van der Waals surface area (Å²) < 4.78 is 11.2. The number of fused-ring (bicyclic) bond motifs is 1. The number of carbonyl (C=O) groups excluding carboxylic acids is 1. The normalized spacial score (nSPS) is 13.5. The van der Waals surface area contributed by atoms with Crippen molar-refractivity contribution in [1.82, 2.24) is 15.2 Å². The number of nitrogens with one attached hydrogen (secondary N) is 2. The molecule has 0 bridgehead atoms. The van der Waals surface area contributed by atoms with Crippen molar-refractivity contribution >= 4 is 17.7 Å². The number of anilines is 1. The van der Waals surface area contributed by atoms with E-state index in [0.717, 1.165) is 68.2 Å². The van der Waals surface area contributed by atoms with Gasteiger partial charge in [-0.1, -0.05) is 26.0 Å². The van der Waals surface area contributed by atoms with Gasteiger partial charge in [0.25, 0.3) is 0 Å². The number of aromatic nitrogens is 1. The predicted molar refractivity (Wildman–Crippen MR) is 153 cm³/mol. The number of carboxylic acid groups (broad SMARTS) is 1. The zero-order valence-corrected chi connectivity index (χ0v) is 23.6. The molecule has 1 aliphatic rings. The second-order valence-electron chi connectivity index (χ2n) is 10.5. The van der Waals surface area contributed by atoms with Crippen LogP contribution >= 0.6 is 0 Å². The van der Waals surface area contributed by atoms with Crippen molar-refractivity contribution in [3.05, 3.63) is 47.7 Å². The van der Waals surface area contributed by atoms with Crippen molar-refractivity contribution < 1.29 is 24.2 Å². The van der Waals surface area contributed by atoms with Crippen LogP contribution in [-0.2, 0) is 22.4 Å². The third-order valence-electron chi connectivity index (χ3n) is 6.79. The lowest BCUT2D eigenvalue weighted by atomic mass is 10.1. The number of aryl methyl sites for hydroxylation is 2. The van der Waals surface area contributed by atoms with Crippen molar-refractivity contribution in [2.45, 2.75) is 64.8 Å². The number of ether oxygens (including phenoxy) is 2. The highest BCUT2D eigenvalue weighted by molar-refractivity contribution is 5.83. The average Bonchev–Trinajstić information content (AvgIpc) is 2.92. The van der Waals surface area contributed by atoms with Crippen LogP contribution in [0.1, 0.15) is 57.2 Å². The van der Waals surface area contributed by atoms with Crippen LogP contribution in [0.4, 0.5) is 5.82 Å². The van der Waals surface area contributed by atoms with Gasteiger partial charge < -0.3 is 25.2 Å². The molecular formula is C30H44N4O5. The molecule has 0 saturated carbocycles. The Morgan fingerprint density at radius 1 is 1.13 bits per heavy atom. The van der Waals surface area contributed by atoms with Crippen molar-refractivity contribution in [2.24, 2.45) is 5.92 Å². The molecule has 0 radical (unpaired) electrons. The van der Waals surface area contributed by atoms with Crippen LogP contribution in [-0.4, -0.2) is 72.8 Å². The number of benzene rings is 1. The summed E-state index contributed by atoms with van der Waals surface area (Å²) in [5.74, 6) is 1.42. The largest absolute Gasteiger partial charge is 0.497 e. The first-order valence-electron chi connectivity index (χ1n) is 14.1. The predicted octanol–water partition coefficient (Wildman–Crippen LogP) is 4.16. The van der Waals surface area contributed by atoms with Crippen LogP contribution in [0.15, 0.2) is 36.4 Å². The van der Waals surface area contributed by atoms with E-state index in [0.29, 0.717) is 32.5 Å². The van der Waals surface area contributed by atoms with Gasteiger partial charge in [-0.15, -0.1) is 0 Å². The Morgan fingerprint density at radius 2 is 1.95 bits per heavy atom. The summed E-state index contributed by atoms with van der Waals surface area (Å²) in [7, 11) is 1.62. The lowest BCUT2D eigenvalue weighted by Crippen LogP contribution is -2.44. The van der Waals surface area contributed by atoms with E-state index in [9.17, 15) is 14.7 Å². The minimum atomic E-state index is -1.01. The molecule has 2 aromatic rings. The fraction of sp³-hybridized carbons (Fsp3) is 0.567. The van der Waals surface area contributed by atoms with Crippen LogP contribution in [0.25, 0.3) is 0 Å². The summed E-state index contributed by atoms with van der Waals surface area (Å²) in [5.41, 5.74) is 2.38. The number of carboxylic acids is 1. The number of hydrogen-bond donors (Lipinski definition) is 3. The first-order chi connectivity index (χ1) is 18.8. The van der Waals surface area contributed by atoms with Gasteiger partial charge in [-0.3, -0.25) is 9.69 Å². The Balaban J connectivity index is 1.52. The summed E-state index contributed by atoms with van der Waals surface area (Å²) in [6.07, 6.45) is 5.69. The van der Waals surface area contributed by atoms with Gasteiger partial charge in [0.2, 0.25) is 5.91 Å². The maximum atomic E-state index is 12.2. The molecule has 0 aliphatic carbocycles. The van der Waals surface area contributed by atoms with E-state index >= 15 is 0 Å². The number of rotatable bonds is 17. The topological polar surface area (TPSA) is 113 Å². The maximum absolute atomic E-state index is 12.2. The molecule has 0 saturated heterocycles. The molecule has 1 aliphatic heterocycles. The maximum Gasteiger partial charge on any atom is 0.326 e. The molecule has 3 rings (SSSR count). The SMILES string of the molecule is COc1cccc(OCCN(CCCCc2ccc3c(n2)NCCC3)CCC(NC(=O)CC(C)C)C(=O)O)c1. The molecule has 9 heteroatoms. The molecular weight excluding hydrogens is 496 g/mol. The number of pyridine rings is 1. The van der Waals surface area contributed by atoms with Gasteiger partial charge >= 0.3 is 5.97 Å². The second-order valence-corrected chi connectivity index (χ2v) is 10.5. The average molecular weight is 541 g/mol. The van der Waals surface area contributed by atoms with Gasteiger partial charge in [0.15, 0.2) is 0 Å². The third-order valence-corrected chi connectivity index (χ3v) is 6.79. The Bertz CT molecular complexity index is 1060. The van der Waals surface area contributed by atoms with E-state index in [1.807, 2.05) is 38.1 Å². The van der Waals surface area contributed by atoms with Crippen LogP contribution in [0.3, 0.4) is 0 Å². The lowest BCUT2D eigenvalue weighted by molar-refractivity contribution is -0.142. The van der Waals surface area contributed by atoms with E-state index < -0.39 is 12.0 Å². The van der Waals surface area contributed by atoms with Gasteiger partial charge in [-0.25, -0.2) is 9.78 Å². The Kier molecular flexibility index (Phi) is 12.3. The molecule has 39 heavy (non-hydrogen) atoms. The molecule has 9 nitrogen and oxygen atoms in total. The van der Waals surface area contributed by atoms with Crippen LogP contribution in [0.5, 0.6) is 11.5 Å². The molecule has 0 spiro atoms. The fourth-order valence-corrected chi connectivity index (χ4v) is 4.66. The number of methoxy groups -OCH3 is 1. The van der Waals surface area contributed by atoms with E-state index in [1.54, 1.807) is 7.11 Å². The van der Waals surface area contributed by atoms with Gasteiger partial charge in [0, 0.05) is 37.8 Å². The van der Waals surface area contributed by atoms with E-state index in [2.05, 4.69) is 27.7 Å². The van der Waals surface area contributed by atoms with Crippen LogP contribution in [0.2, 0.25) is 0 Å². The highest BCUT2D eigenvalue weighted by Crippen LogP contribution is 2.21. The molecule has 3 N–H and O–H groups in total. The fourth-order valence-electron chi connectivity index (χ4n) is 4.66.